The van der Waals surface area contributed by atoms with E-state index in [-0.39, 0.29) is 12.5 Å². The number of hydrogen-bond acceptors (Lipinski definition) is 7. The number of rotatable bonds is 12. The predicted molar refractivity (Wildman–Crippen MR) is 144 cm³/mol. The van der Waals surface area contributed by atoms with Gasteiger partial charge in [-0.2, -0.15) is 0 Å². The molecule has 0 bridgehead atoms. The van der Waals surface area contributed by atoms with E-state index in [4.69, 9.17) is 18.9 Å². The SMILES string of the molecule is COc1ccc(CCNCC(COc2cccc3c2CN(C(C)=O)C3)OC(=O)c2ccccc2)cc1OC. The minimum absolute atomic E-state index is 0.0282. The molecular weight excluding hydrogens is 484 g/mol. The molecule has 3 aromatic carbocycles. The van der Waals surface area contributed by atoms with Gasteiger partial charge in [0.05, 0.1) is 19.8 Å². The number of fused-ring (bicyclic) bond motifs is 1. The smallest absolute Gasteiger partial charge is 0.338 e. The van der Waals surface area contributed by atoms with Crippen molar-refractivity contribution in [1.82, 2.24) is 10.2 Å². The highest BCUT2D eigenvalue weighted by molar-refractivity contribution is 5.89. The van der Waals surface area contributed by atoms with Crippen LogP contribution >= 0.6 is 0 Å². The maximum Gasteiger partial charge on any atom is 0.338 e. The number of carbonyl (C=O) groups is 2. The van der Waals surface area contributed by atoms with Crippen molar-refractivity contribution in [2.75, 3.05) is 33.9 Å². The molecule has 0 saturated heterocycles. The van der Waals surface area contributed by atoms with E-state index in [0.717, 1.165) is 23.1 Å². The van der Waals surface area contributed by atoms with Crippen LogP contribution in [0.3, 0.4) is 0 Å². The summed E-state index contributed by atoms with van der Waals surface area (Å²) < 4.78 is 22.7. The summed E-state index contributed by atoms with van der Waals surface area (Å²) in [6.07, 6.45) is 0.238. The highest BCUT2D eigenvalue weighted by Gasteiger charge is 2.25. The van der Waals surface area contributed by atoms with Crippen LogP contribution in [0.15, 0.2) is 66.7 Å². The van der Waals surface area contributed by atoms with Crippen molar-refractivity contribution >= 4 is 11.9 Å². The standard InChI is InChI=1S/C30H34N2O6/c1-21(33)32-18-24-10-7-11-27(26(24)19-32)37-20-25(38-30(34)23-8-5-4-6-9-23)17-31-15-14-22-12-13-28(35-2)29(16-22)36-3/h4-13,16,25,31H,14-15,17-20H2,1-3H3. The molecule has 1 unspecified atom stereocenters. The van der Waals surface area contributed by atoms with E-state index in [0.29, 0.717) is 49.0 Å². The first-order valence-electron chi connectivity index (χ1n) is 12.6. The molecule has 1 aliphatic heterocycles. The molecule has 1 amide bonds. The van der Waals surface area contributed by atoms with Crippen molar-refractivity contribution in [3.05, 3.63) is 89.0 Å². The highest BCUT2D eigenvalue weighted by atomic mass is 16.6. The highest BCUT2D eigenvalue weighted by Crippen LogP contribution is 2.31. The van der Waals surface area contributed by atoms with Crippen LogP contribution < -0.4 is 19.5 Å². The third kappa shape index (κ3) is 6.83. The Balaban J connectivity index is 1.38. The second-order valence-electron chi connectivity index (χ2n) is 9.12. The van der Waals surface area contributed by atoms with Crippen molar-refractivity contribution in [2.45, 2.75) is 32.5 Å². The monoisotopic (exact) mass is 518 g/mol. The fourth-order valence-electron chi connectivity index (χ4n) is 4.39. The number of esters is 1. The van der Waals surface area contributed by atoms with Gasteiger partial charge in [0.2, 0.25) is 5.91 Å². The summed E-state index contributed by atoms with van der Waals surface area (Å²) >= 11 is 0. The second-order valence-corrected chi connectivity index (χ2v) is 9.12. The Kier molecular flexibility index (Phi) is 9.21. The molecule has 200 valence electrons. The van der Waals surface area contributed by atoms with E-state index < -0.39 is 12.1 Å². The van der Waals surface area contributed by atoms with Crippen molar-refractivity contribution in [3.8, 4) is 17.2 Å². The first-order valence-corrected chi connectivity index (χ1v) is 12.6. The van der Waals surface area contributed by atoms with Gasteiger partial charge in [0, 0.05) is 32.1 Å². The average Bonchev–Trinajstić information content (AvgIpc) is 3.40. The lowest BCUT2D eigenvalue weighted by atomic mass is 10.1. The number of hydrogen-bond donors (Lipinski definition) is 1. The summed E-state index contributed by atoms with van der Waals surface area (Å²) in [6, 6.07) is 20.6. The summed E-state index contributed by atoms with van der Waals surface area (Å²) in [5.41, 5.74) is 3.65. The van der Waals surface area contributed by atoms with Crippen LogP contribution in [0.25, 0.3) is 0 Å². The zero-order valence-corrected chi connectivity index (χ0v) is 22.1. The third-order valence-corrected chi connectivity index (χ3v) is 6.50. The molecule has 3 aromatic rings. The fraction of sp³-hybridized carbons (Fsp3) is 0.333. The zero-order valence-electron chi connectivity index (χ0n) is 22.1. The van der Waals surface area contributed by atoms with Gasteiger partial charge in [0.1, 0.15) is 18.5 Å². The van der Waals surface area contributed by atoms with Crippen LogP contribution in [-0.2, 0) is 29.0 Å². The molecule has 1 aliphatic rings. The van der Waals surface area contributed by atoms with E-state index in [1.165, 1.54) is 0 Å². The lowest BCUT2D eigenvalue weighted by Crippen LogP contribution is -2.36. The summed E-state index contributed by atoms with van der Waals surface area (Å²) in [7, 11) is 3.23. The van der Waals surface area contributed by atoms with Gasteiger partial charge in [-0.05, 0) is 54.4 Å². The molecular formula is C30H34N2O6. The van der Waals surface area contributed by atoms with Crippen molar-refractivity contribution in [3.63, 3.8) is 0 Å². The second kappa shape index (κ2) is 13.0. The number of amides is 1. The van der Waals surface area contributed by atoms with Crippen molar-refractivity contribution < 1.29 is 28.5 Å². The van der Waals surface area contributed by atoms with Gasteiger partial charge < -0.3 is 29.2 Å². The summed E-state index contributed by atoms with van der Waals surface area (Å²) in [5.74, 6) is 1.71. The third-order valence-electron chi connectivity index (χ3n) is 6.50. The number of carbonyl (C=O) groups excluding carboxylic acids is 2. The molecule has 4 rings (SSSR count). The van der Waals surface area contributed by atoms with Crippen LogP contribution in [0.5, 0.6) is 17.2 Å². The van der Waals surface area contributed by atoms with Crippen molar-refractivity contribution in [2.24, 2.45) is 0 Å². The van der Waals surface area contributed by atoms with Crippen LogP contribution in [-0.4, -0.2) is 56.8 Å². The average molecular weight is 519 g/mol. The molecule has 0 saturated carbocycles. The molecule has 8 heteroatoms. The lowest BCUT2D eigenvalue weighted by molar-refractivity contribution is -0.129. The number of nitrogens with one attached hydrogen (secondary N) is 1. The Hall–Kier alpha value is -4.04. The van der Waals surface area contributed by atoms with Crippen molar-refractivity contribution in [1.29, 1.82) is 0 Å². The Morgan fingerprint density at radius 1 is 0.921 bits per heavy atom. The van der Waals surface area contributed by atoms with Gasteiger partial charge in [0.25, 0.3) is 0 Å². The van der Waals surface area contributed by atoms with Crippen LogP contribution in [0.1, 0.15) is 34.0 Å². The van der Waals surface area contributed by atoms with E-state index in [1.807, 2.05) is 42.5 Å². The Morgan fingerprint density at radius 2 is 1.71 bits per heavy atom. The van der Waals surface area contributed by atoms with Gasteiger partial charge >= 0.3 is 5.97 Å². The first kappa shape index (κ1) is 27.0. The normalized spacial score (nSPS) is 13.0. The minimum Gasteiger partial charge on any atom is -0.493 e. The van der Waals surface area contributed by atoms with E-state index in [1.54, 1.807) is 50.3 Å². The predicted octanol–water partition coefficient (Wildman–Crippen LogP) is 4.00. The van der Waals surface area contributed by atoms with E-state index in [2.05, 4.69) is 5.32 Å². The number of methoxy groups -OCH3 is 2. The van der Waals surface area contributed by atoms with Crippen LogP contribution in [0.4, 0.5) is 0 Å². The number of ether oxygens (including phenoxy) is 4. The molecule has 0 spiro atoms. The Bertz CT molecular complexity index is 1250. The zero-order chi connectivity index (χ0) is 26.9. The molecule has 0 fully saturated rings. The largest absolute Gasteiger partial charge is 0.493 e. The molecule has 0 radical (unpaired) electrons. The Morgan fingerprint density at radius 3 is 2.45 bits per heavy atom. The summed E-state index contributed by atoms with van der Waals surface area (Å²) in [6.45, 7) is 3.92. The summed E-state index contributed by atoms with van der Waals surface area (Å²) in [4.78, 5) is 26.4. The van der Waals surface area contributed by atoms with E-state index in [9.17, 15) is 9.59 Å². The maximum atomic E-state index is 12.8. The summed E-state index contributed by atoms with van der Waals surface area (Å²) in [5, 5.41) is 3.39. The maximum absolute atomic E-state index is 12.8. The molecule has 0 aromatic heterocycles. The van der Waals surface area contributed by atoms with Gasteiger partial charge in [-0.3, -0.25) is 4.79 Å². The quantitative estimate of drug-likeness (QED) is 0.287. The van der Waals surface area contributed by atoms with Crippen LogP contribution in [0, 0.1) is 0 Å². The Labute approximate surface area is 223 Å². The lowest BCUT2D eigenvalue weighted by Gasteiger charge is -2.20. The van der Waals surface area contributed by atoms with E-state index >= 15 is 0 Å². The van der Waals surface area contributed by atoms with Crippen LogP contribution in [0.2, 0.25) is 0 Å². The molecule has 0 aliphatic carbocycles. The van der Waals surface area contributed by atoms with Gasteiger partial charge in [0.15, 0.2) is 11.5 Å². The molecule has 8 nitrogen and oxygen atoms in total. The number of benzene rings is 3. The first-order chi connectivity index (χ1) is 18.5. The fourth-order valence-corrected chi connectivity index (χ4v) is 4.39. The minimum atomic E-state index is -0.519. The molecule has 1 heterocycles. The van der Waals surface area contributed by atoms with Gasteiger partial charge in [-0.15, -0.1) is 0 Å². The molecule has 1 N–H and O–H groups in total. The number of nitrogens with zero attached hydrogens (tertiary/aromatic N) is 1. The molecule has 38 heavy (non-hydrogen) atoms. The van der Waals surface area contributed by atoms with Gasteiger partial charge in [-0.1, -0.05) is 36.4 Å². The van der Waals surface area contributed by atoms with Gasteiger partial charge in [-0.25, -0.2) is 4.79 Å². The topological polar surface area (TPSA) is 86.3 Å². The molecule has 1 atom stereocenters.